The van der Waals surface area contributed by atoms with Crippen LogP contribution in [0.3, 0.4) is 0 Å². The Hall–Kier alpha value is -0.120. The zero-order chi connectivity index (χ0) is 11.0. The fourth-order valence-corrected chi connectivity index (χ4v) is 3.06. The smallest absolute Gasteiger partial charge is 0.0704 e. The summed E-state index contributed by atoms with van der Waals surface area (Å²) in [7, 11) is 0. The highest BCUT2D eigenvalue weighted by Crippen LogP contribution is 2.29. The van der Waals surface area contributed by atoms with Crippen molar-refractivity contribution in [1.82, 2.24) is 10.2 Å². The monoisotopic (exact) mass is 224 g/mol. The van der Waals surface area contributed by atoms with Crippen molar-refractivity contribution in [3.8, 4) is 0 Å². The van der Waals surface area contributed by atoms with Crippen LogP contribution in [0, 0.1) is 0 Å². The van der Waals surface area contributed by atoms with Crippen LogP contribution in [0.1, 0.15) is 39.0 Å². The second kappa shape index (κ2) is 4.63. The molecule has 3 nitrogen and oxygen atoms in total. The van der Waals surface area contributed by atoms with Crippen LogP contribution in [0.25, 0.3) is 0 Å². The molecule has 1 saturated carbocycles. The van der Waals surface area contributed by atoms with Gasteiger partial charge in [-0.25, -0.2) is 0 Å². The maximum absolute atomic E-state index is 5.83. The highest BCUT2D eigenvalue weighted by atomic mass is 16.5. The molecule has 2 aliphatic heterocycles. The molecule has 3 fully saturated rings. The van der Waals surface area contributed by atoms with Gasteiger partial charge in [0.25, 0.3) is 0 Å². The Morgan fingerprint density at radius 2 is 2.06 bits per heavy atom. The van der Waals surface area contributed by atoms with Crippen molar-refractivity contribution in [2.45, 2.75) is 63.3 Å². The van der Waals surface area contributed by atoms with E-state index in [-0.39, 0.29) is 0 Å². The van der Waals surface area contributed by atoms with E-state index in [1.807, 2.05) is 0 Å². The molecule has 3 aliphatic rings. The second-order valence-corrected chi connectivity index (χ2v) is 5.77. The van der Waals surface area contributed by atoms with Crippen LogP contribution in [-0.4, -0.2) is 48.8 Å². The summed E-state index contributed by atoms with van der Waals surface area (Å²) in [5, 5.41) is 3.69. The van der Waals surface area contributed by atoms with Gasteiger partial charge in [-0.2, -0.15) is 0 Å². The Labute approximate surface area is 98.5 Å². The van der Waals surface area contributed by atoms with Gasteiger partial charge in [0.1, 0.15) is 0 Å². The van der Waals surface area contributed by atoms with Gasteiger partial charge in [-0.3, -0.25) is 4.90 Å². The zero-order valence-electron chi connectivity index (χ0n) is 10.3. The maximum Gasteiger partial charge on any atom is 0.0704 e. The molecule has 3 atom stereocenters. The lowest BCUT2D eigenvalue weighted by Gasteiger charge is -2.18. The van der Waals surface area contributed by atoms with Crippen LogP contribution in [0.4, 0.5) is 0 Å². The molecule has 1 aliphatic carbocycles. The van der Waals surface area contributed by atoms with Gasteiger partial charge in [-0.1, -0.05) is 0 Å². The van der Waals surface area contributed by atoms with E-state index in [9.17, 15) is 0 Å². The number of nitrogens with zero attached hydrogens (tertiary/aromatic N) is 1. The van der Waals surface area contributed by atoms with E-state index < -0.39 is 0 Å². The van der Waals surface area contributed by atoms with E-state index in [1.54, 1.807) is 0 Å². The standard InChI is InChI=1S/C13H24N2O/c1-10-2-5-13(16-10)8-14-11-6-7-15(9-11)12-3-4-12/h10-14H,2-9H2,1H3. The molecule has 16 heavy (non-hydrogen) atoms. The molecule has 0 radical (unpaired) electrons. The Bertz CT molecular complexity index is 242. The van der Waals surface area contributed by atoms with Crippen LogP contribution in [0.5, 0.6) is 0 Å². The highest BCUT2D eigenvalue weighted by molar-refractivity contribution is 4.92. The van der Waals surface area contributed by atoms with Crippen LogP contribution in [0.2, 0.25) is 0 Å². The van der Waals surface area contributed by atoms with Gasteiger partial charge in [0.15, 0.2) is 0 Å². The zero-order valence-corrected chi connectivity index (χ0v) is 10.3. The van der Waals surface area contributed by atoms with Gasteiger partial charge in [0.2, 0.25) is 0 Å². The van der Waals surface area contributed by atoms with Crippen molar-refractivity contribution in [2.75, 3.05) is 19.6 Å². The van der Waals surface area contributed by atoms with Crippen molar-refractivity contribution in [2.24, 2.45) is 0 Å². The maximum atomic E-state index is 5.83. The molecule has 3 rings (SSSR count). The topological polar surface area (TPSA) is 24.5 Å². The minimum Gasteiger partial charge on any atom is -0.374 e. The molecule has 92 valence electrons. The van der Waals surface area contributed by atoms with Crippen LogP contribution >= 0.6 is 0 Å². The summed E-state index contributed by atoms with van der Waals surface area (Å²) < 4.78 is 5.83. The summed E-state index contributed by atoms with van der Waals surface area (Å²) >= 11 is 0. The summed E-state index contributed by atoms with van der Waals surface area (Å²) in [4.78, 5) is 2.66. The average molecular weight is 224 g/mol. The lowest BCUT2D eigenvalue weighted by molar-refractivity contribution is 0.0544. The first-order valence-electron chi connectivity index (χ1n) is 6.94. The van der Waals surface area contributed by atoms with E-state index in [1.165, 1.54) is 45.2 Å². The Morgan fingerprint density at radius 1 is 1.19 bits per heavy atom. The highest BCUT2D eigenvalue weighted by Gasteiger charge is 2.34. The fourth-order valence-electron chi connectivity index (χ4n) is 3.06. The van der Waals surface area contributed by atoms with E-state index in [4.69, 9.17) is 4.74 Å². The van der Waals surface area contributed by atoms with Crippen LogP contribution in [0.15, 0.2) is 0 Å². The molecule has 0 bridgehead atoms. The molecule has 0 aromatic rings. The summed E-state index contributed by atoms with van der Waals surface area (Å²) in [6, 6.07) is 1.66. The molecule has 2 saturated heterocycles. The lowest BCUT2D eigenvalue weighted by Crippen LogP contribution is -2.38. The van der Waals surface area contributed by atoms with Crippen molar-refractivity contribution >= 4 is 0 Å². The molecule has 1 N–H and O–H groups in total. The van der Waals surface area contributed by atoms with Crippen LogP contribution in [-0.2, 0) is 4.74 Å². The van der Waals surface area contributed by atoms with E-state index in [2.05, 4.69) is 17.1 Å². The summed E-state index contributed by atoms with van der Waals surface area (Å²) in [6.07, 6.45) is 7.66. The number of hydrogen-bond acceptors (Lipinski definition) is 3. The van der Waals surface area contributed by atoms with E-state index >= 15 is 0 Å². The van der Waals surface area contributed by atoms with Gasteiger partial charge in [-0.05, 0) is 39.0 Å². The third kappa shape index (κ3) is 2.58. The Morgan fingerprint density at radius 3 is 2.75 bits per heavy atom. The van der Waals surface area contributed by atoms with Crippen molar-refractivity contribution in [1.29, 1.82) is 0 Å². The van der Waals surface area contributed by atoms with Gasteiger partial charge in [0, 0.05) is 31.7 Å². The molecule has 3 unspecified atom stereocenters. The van der Waals surface area contributed by atoms with Crippen molar-refractivity contribution in [3.63, 3.8) is 0 Å². The van der Waals surface area contributed by atoms with E-state index in [0.29, 0.717) is 12.2 Å². The average Bonchev–Trinajstić information content (AvgIpc) is 2.87. The molecular weight excluding hydrogens is 200 g/mol. The Balaban J connectivity index is 1.36. The minimum absolute atomic E-state index is 0.477. The van der Waals surface area contributed by atoms with E-state index in [0.717, 1.165) is 18.6 Å². The Kier molecular flexibility index (Phi) is 3.18. The molecule has 0 amide bonds. The molecule has 2 heterocycles. The predicted molar refractivity (Wildman–Crippen MR) is 64.6 cm³/mol. The van der Waals surface area contributed by atoms with Crippen molar-refractivity contribution in [3.05, 3.63) is 0 Å². The number of hydrogen-bond donors (Lipinski definition) is 1. The third-order valence-electron chi connectivity index (χ3n) is 4.24. The number of nitrogens with one attached hydrogen (secondary N) is 1. The normalized spacial score (nSPS) is 40.7. The van der Waals surface area contributed by atoms with Gasteiger partial charge >= 0.3 is 0 Å². The quantitative estimate of drug-likeness (QED) is 0.781. The summed E-state index contributed by atoms with van der Waals surface area (Å²) in [6.45, 7) is 5.83. The van der Waals surface area contributed by atoms with Crippen molar-refractivity contribution < 1.29 is 4.74 Å². The number of likely N-dealkylation sites (tertiary alicyclic amines) is 1. The molecule has 0 spiro atoms. The first-order chi connectivity index (χ1) is 7.81. The largest absolute Gasteiger partial charge is 0.374 e. The first kappa shape index (κ1) is 11.0. The predicted octanol–water partition coefficient (Wildman–Crippen LogP) is 1.38. The fraction of sp³-hybridized carbons (Fsp3) is 1.00. The summed E-state index contributed by atoms with van der Waals surface area (Å²) in [5.41, 5.74) is 0. The molecule has 0 aromatic heterocycles. The minimum atomic E-state index is 0.477. The molecular formula is C13H24N2O. The van der Waals surface area contributed by atoms with Gasteiger partial charge < -0.3 is 10.1 Å². The number of rotatable bonds is 4. The first-order valence-corrected chi connectivity index (χ1v) is 6.94. The molecule has 3 heteroatoms. The van der Waals surface area contributed by atoms with Crippen LogP contribution < -0.4 is 5.32 Å². The third-order valence-corrected chi connectivity index (χ3v) is 4.24. The summed E-state index contributed by atoms with van der Waals surface area (Å²) in [5.74, 6) is 0. The van der Waals surface area contributed by atoms with Gasteiger partial charge in [0.05, 0.1) is 12.2 Å². The SMILES string of the molecule is CC1CCC(CNC2CCN(C3CC3)C2)O1. The molecule has 0 aromatic carbocycles. The lowest BCUT2D eigenvalue weighted by atomic mass is 10.2. The second-order valence-electron chi connectivity index (χ2n) is 5.77. The number of ether oxygens (including phenoxy) is 1. The van der Waals surface area contributed by atoms with Gasteiger partial charge in [-0.15, -0.1) is 0 Å².